The zero-order chi connectivity index (χ0) is 17.5. The fourth-order valence-electron chi connectivity index (χ4n) is 1.63. The predicted molar refractivity (Wildman–Crippen MR) is 86.2 cm³/mol. The van der Waals surface area contributed by atoms with Crippen LogP contribution >= 0.6 is 0 Å². The second-order valence-electron chi connectivity index (χ2n) is 5.72. The number of anilines is 1. The number of ether oxygens (including phenoxy) is 1. The van der Waals surface area contributed by atoms with Crippen molar-refractivity contribution in [1.29, 1.82) is 0 Å². The molecule has 0 spiro atoms. The third kappa shape index (κ3) is 7.16. The number of carbonyl (C=O) groups excluding carboxylic acids is 3. The van der Waals surface area contributed by atoms with Gasteiger partial charge in [-0.15, -0.1) is 0 Å². The molecule has 0 fully saturated rings. The molecule has 4 amide bonds. The van der Waals surface area contributed by atoms with Crippen LogP contribution in [-0.2, 0) is 4.74 Å². The molecule has 0 aliphatic carbocycles. The van der Waals surface area contributed by atoms with Gasteiger partial charge >= 0.3 is 12.1 Å². The minimum absolute atomic E-state index is 0.198. The lowest BCUT2D eigenvalue weighted by Gasteiger charge is -2.19. The van der Waals surface area contributed by atoms with Crippen LogP contribution in [0.1, 0.15) is 31.1 Å². The van der Waals surface area contributed by atoms with Gasteiger partial charge in [0, 0.05) is 13.1 Å². The highest BCUT2D eigenvalue weighted by molar-refractivity contribution is 6.02. The average Bonchev–Trinajstić information content (AvgIpc) is 2.42. The Labute approximate surface area is 134 Å². The van der Waals surface area contributed by atoms with E-state index in [2.05, 4.69) is 16.0 Å². The van der Waals surface area contributed by atoms with Crippen molar-refractivity contribution in [2.24, 2.45) is 5.73 Å². The summed E-state index contributed by atoms with van der Waals surface area (Å²) in [7, 11) is 0. The number of benzene rings is 1. The molecule has 8 heteroatoms. The van der Waals surface area contributed by atoms with Crippen LogP contribution in [-0.4, -0.2) is 36.7 Å². The number of carbonyl (C=O) groups is 3. The van der Waals surface area contributed by atoms with E-state index in [9.17, 15) is 14.4 Å². The van der Waals surface area contributed by atoms with E-state index in [1.807, 2.05) is 0 Å². The monoisotopic (exact) mass is 322 g/mol. The highest BCUT2D eigenvalue weighted by Crippen LogP contribution is 2.13. The molecule has 0 aliphatic heterocycles. The summed E-state index contributed by atoms with van der Waals surface area (Å²) in [5.74, 6) is -0.632. The lowest BCUT2D eigenvalue weighted by atomic mass is 10.1. The molecule has 0 saturated heterocycles. The first-order valence-corrected chi connectivity index (χ1v) is 7.09. The Morgan fingerprint density at radius 2 is 1.70 bits per heavy atom. The number of nitrogens with one attached hydrogen (secondary N) is 3. The van der Waals surface area contributed by atoms with Gasteiger partial charge in [0.15, 0.2) is 0 Å². The third-order valence-electron chi connectivity index (χ3n) is 2.52. The van der Waals surface area contributed by atoms with Crippen LogP contribution < -0.4 is 21.7 Å². The molecular formula is C15H22N4O4. The number of alkyl carbamates (subject to hydrolysis) is 1. The molecule has 23 heavy (non-hydrogen) atoms. The Bertz CT molecular complexity index is 581. The van der Waals surface area contributed by atoms with E-state index < -0.39 is 23.6 Å². The molecule has 1 rings (SSSR count). The number of hydrogen-bond acceptors (Lipinski definition) is 4. The van der Waals surface area contributed by atoms with Crippen LogP contribution in [0.15, 0.2) is 24.3 Å². The summed E-state index contributed by atoms with van der Waals surface area (Å²) in [5.41, 5.74) is 5.18. The number of rotatable bonds is 5. The Hall–Kier alpha value is -2.77. The fourth-order valence-corrected chi connectivity index (χ4v) is 1.63. The summed E-state index contributed by atoms with van der Waals surface area (Å²) in [5, 5.41) is 7.58. The molecule has 0 aliphatic rings. The van der Waals surface area contributed by atoms with Gasteiger partial charge in [-0.3, -0.25) is 4.79 Å². The molecule has 0 saturated carbocycles. The third-order valence-corrected chi connectivity index (χ3v) is 2.52. The lowest BCUT2D eigenvalue weighted by Crippen LogP contribution is -2.39. The standard InChI is InChI=1S/C15H22N4O4/c1-15(2,3)23-14(22)18-9-8-17-13(21)19-11-7-5-4-6-10(11)12(16)20/h4-7H,8-9H2,1-3H3,(H2,16,20)(H,18,22)(H2,17,19,21). The summed E-state index contributed by atoms with van der Waals surface area (Å²) in [6, 6.07) is 5.89. The zero-order valence-electron chi connectivity index (χ0n) is 13.4. The maximum absolute atomic E-state index is 11.7. The van der Waals surface area contributed by atoms with Crippen molar-refractivity contribution in [3.8, 4) is 0 Å². The molecule has 5 N–H and O–H groups in total. The first kappa shape index (κ1) is 18.3. The molecule has 126 valence electrons. The van der Waals surface area contributed by atoms with Crippen LogP contribution in [0.25, 0.3) is 0 Å². The molecule has 0 aromatic heterocycles. The minimum Gasteiger partial charge on any atom is -0.444 e. The van der Waals surface area contributed by atoms with Gasteiger partial charge in [0.1, 0.15) is 5.60 Å². The molecule has 1 aromatic carbocycles. The van der Waals surface area contributed by atoms with Gasteiger partial charge in [0.2, 0.25) is 0 Å². The summed E-state index contributed by atoms with van der Waals surface area (Å²) in [4.78, 5) is 34.4. The molecule has 0 unspecified atom stereocenters. The molecule has 0 bridgehead atoms. The number of para-hydroxylation sites is 1. The van der Waals surface area contributed by atoms with E-state index in [1.54, 1.807) is 39.0 Å². The van der Waals surface area contributed by atoms with Crippen LogP contribution in [0.4, 0.5) is 15.3 Å². The molecule has 0 radical (unpaired) electrons. The maximum atomic E-state index is 11.7. The Morgan fingerprint density at radius 1 is 1.09 bits per heavy atom. The Balaban J connectivity index is 2.36. The van der Waals surface area contributed by atoms with Gasteiger partial charge in [-0.25, -0.2) is 9.59 Å². The zero-order valence-corrected chi connectivity index (χ0v) is 13.4. The van der Waals surface area contributed by atoms with Crippen molar-refractivity contribution in [3.05, 3.63) is 29.8 Å². The lowest BCUT2D eigenvalue weighted by molar-refractivity contribution is 0.0528. The van der Waals surface area contributed by atoms with Gasteiger partial charge in [0.05, 0.1) is 11.3 Å². The topological polar surface area (TPSA) is 123 Å². The average molecular weight is 322 g/mol. The van der Waals surface area contributed by atoms with E-state index in [-0.39, 0.29) is 18.7 Å². The summed E-state index contributed by atoms with van der Waals surface area (Å²) in [6.07, 6.45) is -0.557. The molecule has 0 heterocycles. The van der Waals surface area contributed by atoms with Crippen molar-refractivity contribution in [2.45, 2.75) is 26.4 Å². The number of nitrogens with two attached hydrogens (primary N) is 1. The van der Waals surface area contributed by atoms with Gasteiger partial charge in [-0.2, -0.15) is 0 Å². The van der Waals surface area contributed by atoms with Crippen molar-refractivity contribution in [1.82, 2.24) is 10.6 Å². The Kier molecular flexibility index (Phi) is 6.37. The van der Waals surface area contributed by atoms with Crippen molar-refractivity contribution in [2.75, 3.05) is 18.4 Å². The van der Waals surface area contributed by atoms with E-state index in [1.165, 1.54) is 6.07 Å². The van der Waals surface area contributed by atoms with E-state index in [0.717, 1.165) is 0 Å². The van der Waals surface area contributed by atoms with Crippen LogP contribution in [0.5, 0.6) is 0 Å². The van der Waals surface area contributed by atoms with Crippen molar-refractivity contribution >= 4 is 23.7 Å². The van der Waals surface area contributed by atoms with Crippen LogP contribution in [0.2, 0.25) is 0 Å². The minimum atomic E-state index is -0.632. The number of urea groups is 1. The van der Waals surface area contributed by atoms with Gasteiger partial charge in [-0.1, -0.05) is 12.1 Å². The first-order chi connectivity index (χ1) is 10.7. The van der Waals surface area contributed by atoms with E-state index in [0.29, 0.717) is 5.69 Å². The highest BCUT2D eigenvalue weighted by atomic mass is 16.6. The smallest absolute Gasteiger partial charge is 0.407 e. The van der Waals surface area contributed by atoms with Gasteiger partial charge in [0.25, 0.3) is 5.91 Å². The molecular weight excluding hydrogens is 300 g/mol. The van der Waals surface area contributed by atoms with Crippen molar-refractivity contribution < 1.29 is 19.1 Å². The normalized spacial score (nSPS) is 10.6. The maximum Gasteiger partial charge on any atom is 0.407 e. The van der Waals surface area contributed by atoms with Crippen molar-refractivity contribution in [3.63, 3.8) is 0 Å². The predicted octanol–water partition coefficient (Wildman–Crippen LogP) is 1.43. The summed E-state index contributed by atoms with van der Waals surface area (Å²) < 4.78 is 5.05. The highest BCUT2D eigenvalue weighted by Gasteiger charge is 2.15. The second-order valence-corrected chi connectivity index (χ2v) is 5.72. The SMILES string of the molecule is CC(C)(C)OC(=O)NCCNC(=O)Nc1ccccc1C(N)=O. The van der Waals surface area contributed by atoms with E-state index >= 15 is 0 Å². The Morgan fingerprint density at radius 3 is 2.30 bits per heavy atom. The van der Waals surface area contributed by atoms with Gasteiger partial charge in [-0.05, 0) is 32.9 Å². The summed E-state index contributed by atoms with van der Waals surface area (Å²) in [6.45, 7) is 5.68. The van der Waals surface area contributed by atoms with Gasteiger partial charge < -0.3 is 26.4 Å². The first-order valence-electron chi connectivity index (χ1n) is 7.09. The second kappa shape index (κ2) is 8.02. The number of hydrogen-bond donors (Lipinski definition) is 4. The molecule has 8 nitrogen and oxygen atoms in total. The largest absolute Gasteiger partial charge is 0.444 e. The van der Waals surface area contributed by atoms with Crippen LogP contribution in [0.3, 0.4) is 0 Å². The summed E-state index contributed by atoms with van der Waals surface area (Å²) >= 11 is 0. The quantitative estimate of drug-likeness (QED) is 0.612. The molecule has 1 aromatic rings. The number of primary amides is 1. The molecule has 0 atom stereocenters. The fraction of sp³-hybridized carbons (Fsp3) is 0.400. The van der Waals surface area contributed by atoms with E-state index in [4.69, 9.17) is 10.5 Å². The number of amides is 4. The van der Waals surface area contributed by atoms with Crippen LogP contribution in [0, 0.1) is 0 Å².